The van der Waals surface area contributed by atoms with E-state index in [1.807, 2.05) is 12.1 Å². The summed E-state index contributed by atoms with van der Waals surface area (Å²) in [4.78, 5) is 5.20. The topological polar surface area (TPSA) is 64.9 Å². The van der Waals surface area contributed by atoms with Gasteiger partial charge in [-0.1, -0.05) is 0 Å². The number of nitrogens with zero attached hydrogens (tertiary/aromatic N) is 1. The average molecular weight is 298 g/mol. The number of hydrogen-bond acceptors (Lipinski definition) is 4. The van der Waals surface area contributed by atoms with Gasteiger partial charge in [0.15, 0.2) is 0 Å². The highest BCUT2D eigenvalue weighted by atomic mass is 79.9. The van der Waals surface area contributed by atoms with Crippen molar-refractivity contribution in [1.82, 2.24) is 4.98 Å². The number of halogens is 1. The Labute approximate surface area is 107 Å². The van der Waals surface area contributed by atoms with E-state index in [4.69, 9.17) is 11.5 Å². The summed E-state index contributed by atoms with van der Waals surface area (Å²) in [5.74, 6) is 0. The number of nitrogens with two attached hydrogens (primary N) is 2. The molecule has 0 aliphatic carbocycles. The first-order valence-electron chi connectivity index (χ1n) is 4.86. The summed E-state index contributed by atoms with van der Waals surface area (Å²) in [6, 6.07) is 5.81. The molecule has 0 spiro atoms. The highest BCUT2D eigenvalue weighted by molar-refractivity contribution is 9.11. The zero-order valence-corrected chi connectivity index (χ0v) is 11.0. The van der Waals surface area contributed by atoms with E-state index in [1.54, 1.807) is 29.8 Å². The standard InChI is InChI=1S/C11H12BrN3S/c12-11-2-1-10(16-11)9(14)5-7-6-15-4-3-8(7)13/h1-4,6,9H,5,14H2,(H2,13,15). The number of hydrogen-bond donors (Lipinski definition) is 2. The second-order valence-electron chi connectivity index (χ2n) is 3.53. The van der Waals surface area contributed by atoms with Gasteiger partial charge in [-0.15, -0.1) is 11.3 Å². The molecule has 2 aromatic heterocycles. The van der Waals surface area contributed by atoms with Crippen LogP contribution >= 0.6 is 27.3 Å². The van der Waals surface area contributed by atoms with Gasteiger partial charge in [0, 0.05) is 29.0 Å². The van der Waals surface area contributed by atoms with Crippen molar-refractivity contribution in [2.75, 3.05) is 5.73 Å². The van der Waals surface area contributed by atoms with Crippen LogP contribution in [0.2, 0.25) is 0 Å². The number of thiophene rings is 1. The molecule has 3 nitrogen and oxygen atoms in total. The molecule has 0 aliphatic rings. The summed E-state index contributed by atoms with van der Waals surface area (Å²) in [7, 11) is 0. The third kappa shape index (κ3) is 2.61. The van der Waals surface area contributed by atoms with Crippen LogP contribution in [-0.2, 0) is 6.42 Å². The Hall–Kier alpha value is -0.910. The maximum atomic E-state index is 6.12. The fourth-order valence-electron chi connectivity index (χ4n) is 1.47. The van der Waals surface area contributed by atoms with Crippen LogP contribution in [0.1, 0.15) is 16.5 Å². The van der Waals surface area contributed by atoms with Crippen molar-refractivity contribution in [1.29, 1.82) is 0 Å². The summed E-state index contributed by atoms with van der Waals surface area (Å²) >= 11 is 5.08. The zero-order valence-electron chi connectivity index (χ0n) is 8.56. The van der Waals surface area contributed by atoms with Crippen LogP contribution < -0.4 is 11.5 Å². The summed E-state index contributed by atoms with van der Waals surface area (Å²) < 4.78 is 1.09. The van der Waals surface area contributed by atoms with Gasteiger partial charge in [-0.25, -0.2) is 0 Å². The van der Waals surface area contributed by atoms with Crippen molar-refractivity contribution in [3.8, 4) is 0 Å². The first-order valence-corrected chi connectivity index (χ1v) is 6.47. The second kappa shape index (κ2) is 4.95. The number of pyridine rings is 1. The van der Waals surface area contributed by atoms with Gasteiger partial charge >= 0.3 is 0 Å². The van der Waals surface area contributed by atoms with E-state index < -0.39 is 0 Å². The molecule has 1 atom stereocenters. The Morgan fingerprint density at radius 2 is 2.19 bits per heavy atom. The van der Waals surface area contributed by atoms with Gasteiger partial charge in [0.1, 0.15) is 0 Å². The molecule has 2 rings (SSSR count). The minimum absolute atomic E-state index is 0.0252. The summed E-state index contributed by atoms with van der Waals surface area (Å²) in [5.41, 5.74) is 13.7. The van der Waals surface area contributed by atoms with Gasteiger partial charge in [0.05, 0.1) is 3.79 Å². The molecule has 0 aliphatic heterocycles. The lowest BCUT2D eigenvalue weighted by molar-refractivity contribution is 0.735. The monoisotopic (exact) mass is 297 g/mol. The van der Waals surface area contributed by atoms with E-state index in [2.05, 4.69) is 20.9 Å². The Morgan fingerprint density at radius 1 is 1.38 bits per heavy atom. The Morgan fingerprint density at radius 3 is 2.81 bits per heavy atom. The zero-order chi connectivity index (χ0) is 11.5. The van der Waals surface area contributed by atoms with E-state index in [1.165, 1.54) is 0 Å². The van der Waals surface area contributed by atoms with Gasteiger partial charge in [-0.3, -0.25) is 4.98 Å². The largest absolute Gasteiger partial charge is 0.398 e. The predicted octanol–water partition coefficient (Wildman–Crippen LogP) is 2.73. The average Bonchev–Trinajstić information content (AvgIpc) is 2.68. The van der Waals surface area contributed by atoms with Crippen LogP contribution in [0.15, 0.2) is 34.4 Å². The van der Waals surface area contributed by atoms with Crippen molar-refractivity contribution in [3.05, 3.63) is 44.8 Å². The quantitative estimate of drug-likeness (QED) is 0.915. The maximum Gasteiger partial charge on any atom is 0.0701 e. The third-order valence-electron chi connectivity index (χ3n) is 2.34. The molecule has 0 saturated heterocycles. The highest BCUT2D eigenvalue weighted by Gasteiger charge is 2.11. The SMILES string of the molecule is Nc1ccncc1CC(N)c1ccc(Br)s1. The fraction of sp³-hybridized carbons (Fsp3) is 0.182. The second-order valence-corrected chi connectivity index (χ2v) is 6.02. The molecule has 2 aromatic rings. The molecule has 0 radical (unpaired) electrons. The minimum Gasteiger partial charge on any atom is -0.398 e. The molecule has 5 heteroatoms. The highest BCUT2D eigenvalue weighted by Crippen LogP contribution is 2.28. The van der Waals surface area contributed by atoms with Crippen LogP contribution in [-0.4, -0.2) is 4.98 Å². The number of aromatic nitrogens is 1. The Kier molecular flexibility index (Phi) is 3.58. The van der Waals surface area contributed by atoms with Gasteiger partial charge < -0.3 is 11.5 Å². The smallest absolute Gasteiger partial charge is 0.0701 e. The summed E-state index contributed by atoms with van der Waals surface area (Å²) in [6.07, 6.45) is 4.18. The molecule has 0 saturated carbocycles. The van der Waals surface area contributed by atoms with E-state index in [9.17, 15) is 0 Å². The lowest BCUT2D eigenvalue weighted by atomic mass is 10.1. The van der Waals surface area contributed by atoms with Crippen molar-refractivity contribution in [3.63, 3.8) is 0 Å². The number of anilines is 1. The molecule has 0 bridgehead atoms. The van der Waals surface area contributed by atoms with Crippen LogP contribution in [0.25, 0.3) is 0 Å². The van der Waals surface area contributed by atoms with Crippen molar-refractivity contribution in [2.45, 2.75) is 12.5 Å². The Balaban J connectivity index is 2.13. The van der Waals surface area contributed by atoms with Gasteiger partial charge in [-0.2, -0.15) is 0 Å². The first kappa shape index (κ1) is 11.6. The molecule has 0 aromatic carbocycles. The van der Waals surface area contributed by atoms with E-state index in [0.717, 1.165) is 19.9 Å². The number of nitrogen functional groups attached to an aromatic ring is 1. The predicted molar refractivity (Wildman–Crippen MR) is 71.3 cm³/mol. The lowest BCUT2D eigenvalue weighted by Crippen LogP contribution is -2.13. The van der Waals surface area contributed by atoms with Gasteiger partial charge in [-0.05, 0) is 46.1 Å². The first-order chi connectivity index (χ1) is 7.66. The van der Waals surface area contributed by atoms with Crippen LogP contribution in [0.4, 0.5) is 5.69 Å². The molecule has 84 valence electrons. The molecule has 0 fully saturated rings. The summed E-state index contributed by atoms with van der Waals surface area (Å²) in [5, 5.41) is 0. The summed E-state index contributed by atoms with van der Waals surface area (Å²) in [6.45, 7) is 0. The molecule has 0 amide bonds. The van der Waals surface area contributed by atoms with E-state index in [-0.39, 0.29) is 6.04 Å². The third-order valence-corrected chi connectivity index (χ3v) is 4.10. The van der Waals surface area contributed by atoms with Crippen molar-refractivity contribution in [2.24, 2.45) is 5.73 Å². The van der Waals surface area contributed by atoms with Crippen LogP contribution in [0.5, 0.6) is 0 Å². The number of rotatable bonds is 3. The Bertz CT molecular complexity index is 484. The van der Waals surface area contributed by atoms with Crippen LogP contribution in [0.3, 0.4) is 0 Å². The normalized spacial score (nSPS) is 12.6. The fourth-order valence-corrected chi connectivity index (χ4v) is 2.90. The van der Waals surface area contributed by atoms with Gasteiger partial charge in [0.25, 0.3) is 0 Å². The molecule has 16 heavy (non-hydrogen) atoms. The lowest BCUT2D eigenvalue weighted by Gasteiger charge is -2.10. The van der Waals surface area contributed by atoms with E-state index >= 15 is 0 Å². The van der Waals surface area contributed by atoms with Gasteiger partial charge in [0.2, 0.25) is 0 Å². The van der Waals surface area contributed by atoms with E-state index in [0.29, 0.717) is 6.42 Å². The molecule has 2 heterocycles. The molecule has 1 unspecified atom stereocenters. The molecular formula is C11H12BrN3S. The minimum atomic E-state index is -0.0252. The van der Waals surface area contributed by atoms with Crippen LogP contribution in [0, 0.1) is 0 Å². The van der Waals surface area contributed by atoms with Crippen molar-refractivity contribution < 1.29 is 0 Å². The molecular weight excluding hydrogens is 286 g/mol. The maximum absolute atomic E-state index is 6.12. The molecule has 4 N–H and O–H groups in total. The van der Waals surface area contributed by atoms with Crippen molar-refractivity contribution >= 4 is 33.0 Å².